The lowest BCUT2D eigenvalue weighted by Crippen LogP contribution is -2.44. The maximum Gasteiger partial charge on any atom is 0.417 e. The van der Waals surface area contributed by atoms with Gasteiger partial charge in [-0.05, 0) is 44.6 Å². The summed E-state index contributed by atoms with van der Waals surface area (Å²) >= 11 is 5.14. The Balaban J connectivity index is 1.88. The number of fused-ring (bicyclic) bond motifs is 1. The number of aromatic nitrogens is 1. The van der Waals surface area contributed by atoms with Gasteiger partial charge in [-0.1, -0.05) is 18.2 Å². The summed E-state index contributed by atoms with van der Waals surface area (Å²) in [6.07, 6.45) is 1.60. The van der Waals surface area contributed by atoms with Crippen molar-refractivity contribution in [1.29, 1.82) is 0 Å². The molecule has 0 spiro atoms. The van der Waals surface area contributed by atoms with Crippen LogP contribution in [0, 0.1) is 0 Å². The van der Waals surface area contributed by atoms with Crippen LogP contribution in [-0.2, 0) is 16.0 Å². The predicted molar refractivity (Wildman–Crippen MR) is 94.6 cm³/mol. The summed E-state index contributed by atoms with van der Waals surface area (Å²) in [5.41, 5.74) is 1.27. The van der Waals surface area contributed by atoms with Gasteiger partial charge in [0, 0.05) is 23.5 Å². The molecule has 2 amide bonds. The van der Waals surface area contributed by atoms with Crippen LogP contribution in [0.15, 0.2) is 30.5 Å². The minimum Gasteiger partial charge on any atom is -0.443 e. The molecule has 1 aromatic heterocycles. The number of amides is 2. The van der Waals surface area contributed by atoms with Crippen molar-refractivity contribution >= 4 is 40.2 Å². The number of carbonyl (C=O) groups excluding carboxylic acids is 2. The van der Waals surface area contributed by atoms with Crippen molar-refractivity contribution in [3.05, 3.63) is 36.0 Å². The molecular weight excluding hydrogens is 326 g/mol. The number of carbonyl (C=O) groups is 2. The molecule has 1 aliphatic rings. The topological polar surface area (TPSA) is 74.4 Å². The Morgan fingerprint density at radius 1 is 1.33 bits per heavy atom. The monoisotopic (exact) mass is 345 g/mol. The number of nitrogens with zero attached hydrogens (tertiary/aromatic N) is 1. The highest BCUT2D eigenvalue weighted by molar-refractivity contribution is 7.80. The molecule has 24 heavy (non-hydrogen) atoms. The Morgan fingerprint density at radius 3 is 2.75 bits per heavy atom. The van der Waals surface area contributed by atoms with Crippen LogP contribution >= 0.6 is 12.2 Å². The maximum absolute atomic E-state index is 12.4. The molecule has 7 heteroatoms. The molecule has 0 unspecified atom stereocenters. The third kappa shape index (κ3) is 3.12. The van der Waals surface area contributed by atoms with E-state index in [1.54, 1.807) is 20.8 Å². The fraction of sp³-hybridized carbons (Fsp3) is 0.353. The minimum atomic E-state index is -0.716. The van der Waals surface area contributed by atoms with Crippen LogP contribution in [0.1, 0.15) is 26.3 Å². The SMILES string of the molecule is CC(C)(C)OC(=O)N1C(=S)NC(=O)[C@@H]1Cc1c[nH]c2ccccc12. The van der Waals surface area contributed by atoms with Gasteiger partial charge < -0.3 is 15.0 Å². The number of benzene rings is 1. The van der Waals surface area contributed by atoms with Crippen LogP contribution in [-0.4, -0.2) is 38.6 Å². The number of para-hydroxylation sites is 1. The van der Waals surface area contributed by atoms with Gasteiger partial charge in [0.25, 0.3) is 0 Å². The summed E-state index contributed by atoms with van der Waals surface area (Å²) in [5, 5.41) is 3.65. The number of thiocarbonyl (C=S) groups is 1. The molecular formula is C17H19N3O3S. The first-order valence-electron chi connectivity index (χ1n) is 7.68. The molecule has 0 aliphatic carbocycles. The van der Waals surface area contributed by atoms with E-state index in [1.165, 1.54) is 4.90 Å². The van der Waals surface area contributed by atoms with Crippen LogP contribution in [0.3, 0.4) is 0 Å². The van der Waals surface area contributed by atoms with Crippen molar-refractivity contribution in [1.82, 2.24) is 15.2 Å². The molecule has 2 aromatic rings. The number of H-pyrrole nitrogens is 1. The van der Waals surface area contributed by atoms with E-state index in [9.17, 15) is 9.59 Å². The summed E-state index contributed by atoms with van der Waals surface area (Å²) in [7, 11) is 0. The zero-order chi connectivity index (χ0) is 17.5. The lowest BCUT2D eigenvalue weighted by molar-refractivity contribution is -0.121. The summed E-state index contributed by atoms with van der Waals surface area (Å²) in [5.74, 6) is -0.295. The minimum absolute atomic E-state index is 0.0825. The second kappa shape index (κ2) is 5.90. The van der Waals surface area contributed by atoms with Gasteiger partial charge in [0.05, 0.1) is 0 Å². The quantitative estimate of drug-likeness (QED) is 0.821. The average molecular weight is 345 g/mol. The summed E-state index contributed by atoms with van der Waals surface area (Å²) in [6.45, 7) is 5.32. The van der Waals surface area contributed by atoms with Gasteiger partial charge in [0.1, 0.15) is 11.6 Å². The molecule has 1 aliphatic heterocycles. The van der Waals surface area contributed by atoms with E-state index < -0.39 is 17.7 Å². The van der Waals surface area contributed by atoms with Crippen LogP contribution in [0.4, 0.5) is 4.79 Å². The van der Waals surface area contributed by atoms with Gasteiger partial charge in [-0.3, -0.25) is 4.79 Å². The zero-order valence-electron chi connectivity index (χ0n) is 13.8. The fourth-order valence-corrected chi connectivity index (χ4v) is 3.02. The molecule has 6 nitrogen and oxygen atoms in total. The normalized spacial score (nSPS) is 18.1. The van der Waals surface area contributed by atoms with E-state index >= 15 is 0 Å². The molecule has 2 N–H and O–H groups in total. The molecule has 1 saturated heterocycles. The Bertz CT molecular complexity index is 822. The van der Waals surface area contributed by atoms with E-state index in [0.717, 1.165) is 16.5 Å². The molecule has 0 radical (unpaired) electrons. The van der Waals surface area contributed by atoms with Crippen molar-refractivity contribution in [2.75, 3.05) is 0 Å². The molecule has 1 atom stereocenters. The number of nitrogens with one attached hydrogen (secondary N) is 2. The third-order valence-electron chi connectivity index (χ3n) is 3.74. The number of hydrogen-bond acceptors (Lipinski definition) is 4. The van der Waals surface area contributed by atoms with Gasteiger partial charge in [-0.2, -0.15) is 0 Å². The summed E-state index contributed by atoms with van der Waals surface area (Å²) < 4.78 is 5.38. The standard InChI is InChI=1S/C17H19N3O3S/c1-17(2,3)23-16(22)20-13(14(21)19-15(20)24)8-10-9-18-12-7-5-4-6-11(10)12/h4-7,9,13,18H,8H2,1-3H3,(H,19,21,24)/t13-/m0/s1. The van der Waals surface area contributed by atoms with E-state index in [2.05, 4.69) is 10.3 Å². The highest BCUT2D eigenvalue weighted by Gasteiger charge is 2.42. The van der Waals surface area contributed by atoms with E-state index in [-0.39, 0.29) is 11.0 Å². The van der Waals surface area contributed by atoms with Gasteiger partial charge in [0.2, 0.25) is 5.91 Å². The van der Waals surface area contributed by atoms with Gasteiger partial charge in [-0.15, -0.1) is 0 Å². The summed E-state index contributed by atoms with van der Waals surface area (Å²) in [6, 6.07) is 7.10. The van der Waals surface area contributed by atoms with Gasteiger partial charge >= 0.3 is 6.09 Å². The van der Waals surface area contributed by atoms with Crippen LogP contribution in [0.5, 0.6) is 0 Å². The smallest absolute Gasteiger partial charge is 0.417 e. The Morgan fingerprint density at radius 2 is 2.04 bits per heavy atom. The van der Waals surface area contributed by atoms with Gasteiger partial charge in [0.15, 0.2) is 5.11 Å². The van der Waals surface area contributed by atoms with Gasteiger partial charge in [-0.25, -0.2) is 9.69 Å². The molecule has 1 fully saturated rings. The van der Waals surface area contributed by atoms with Crippen molar-refractivity contribution in [2.45, 2.75) is 38.8 Å². The van der Waals surface area contributed by atoms with Crippen LogP contribution < -0.4 is 5.32 Å². The summed E-state index contributed by atoms with van der Waals surface area (Å²) in [4.78, 5) is 29.1. The molecule has 1 aromatic carbocycles. The Kier molecular flexibility index (Phi) is 4.04. The zero-order valence-corrected chi connectivity index (χ0v) is 14.6. The van der Waals surface area contributed by atoms with E-state index in [0.29, 0.717) is 6.42 Å². The molecule has 126 valence electrons. The third-order valence-corrected chi connectivity index (χ3v) is 4.04. The first kappa shape index (κ1) is 16.4. The fourth-order valence-electron chi connectivity index (χ4n) is 2.72. The Hall–Kier alpha value is -2.41. The number of rotatable bonds is 2. The maximum atomic E-state index is 12.4. The first-order chi connectivity index (χ1) is 11.3. The number of hydrogen-bond donors (Lipinski definition) is 2. The average Bonchev–Trinajstić information content (AvgIpc) is 2.99. The second-order valence-electron chi connectivity index (χ2n) is 6.72. The van der Waals surface area contributed by atoms with Crippen LogP contribution in [0.25, 0.3) is 10.9 Å². The largest absolute Gasteiger partial charge is 0.443 e. The number of aromatic amines is 1. The van der Waals surface area contributed by atoms with Crippen LogP contribution in [0.2, 0.25) is 0 Å². The molecule has 0 saturated carbocycles. The number of ether oxygens (including phenoxy) is 1. The predicted octanol–water partition coefficient (Wildman–Crippen LogP) is 2.73. The molecule has 2 heterocycles. The highest BCUT2D eigenvalue weighted by atomic mass is 32.1. The molecule has 3 rings (SSSR count). The molecule has 0 bridgehead atoms. The highest BCUT2D eigenvalue weighted by Crippen LogP contribution is 2.23. The van der Waals surface area contributed by atoms with Crippen molar-refractivity contribution in [2.24, 2.45) is 0 Å². The van der Waals surface area contributed by atoms with Crippen molar-refractivity contribution in [3.63, 3.8) is 0 Å². The first-order valence-corrected chi connectivity index (χ1v) is 8.09. The Labute approximate surface area is 145 Å². The van der Waals surface area contributed by atoms with E-state index in [1.807, 2.05) is 30.5 Å². The van der Waals surface area contributed by atoms with Crippen molar-refractivity contribution in [3.8, 4) is 0 Å². The van der Waals surface area contributed by atoms with Crippen molar-refractivity contribution < 1.29 is 14.3 Å². The lowest BCUT2D eigenvalue weighted by Gasteiger charge is -2.26. The van der Waals surface area contributed by atoms with E-state index in [4.69, 9.17) is 17.0 Å². The second-order valence-corrected chi connectivity index (χ2v) is 7.11. The lowest BCUT2D eigenvalue weighted by atomic mass is 10.0.